The molecule has 0 unspecified atom stereocenters. The van der Waals surface area contributed by atoms with Crippen LogP contribution in [0.15, 0.2) is 30.6 Å². The number of rotatable bonds is 8. The number of nitrogens with two attached hydrogens (primary N) is 1. The Kier molecular flexibility index (Phi) is 5.09. The highest BCUT2D eigenvalue weighted by Crippen LogP contribution is 2.30. The molecule has 1 aromatic carbocycles. The molecule has 1 saturated heterocycles. The molecule has 1 amide bonds. The molecule has 0 atom stereocenters. The molecule has 10 nitrogen and oxygen atoms in total. The van der Waals surface area contributed by atoms with Gasteiger partial charge in [0.2, 0.25) is 5.95 Å². The van der Waals surface area contributed by atoms with E-state index in [9.17, 15) is 4.79 Å². The second kappa shape index (κ2) is 7.84. The fourth-order valence-electron chi connectivity index (χ4n) is 3.17. The average molecular weight is 397 g/mol. The second-order valence-corrected chi connectivity index (χ2v) is 6.78. The van der Waals surface area contributed by atoms with Crippen molar-refractivity contribution >= 4 is 29.0 Å². The number of aromatic nitrogens is 3. The number of anilines is 3. The number of carbonyl (C=O) groups excluding carboxylic acids is 1. The van der Waals surface area contributed by atoms with Gasteiger partial charge in [-0.05, 0) is 0 Å². The zero-order valence-corrected chi connectivity index (χ0v) is 16.2. The maximum Gasteiger partial charge on any atom is 0.256 e. The van der Waals surface area contributed by atoms with Gasteiger partial charge in [-0.1, -0.05) is 0 Å². The average Bonchev–Trinajstić information content (AvgIpc) is 3.15. The Morgan fingerprint density at radius 3 is 2.59 bits per heavy atom. The maximum absolute atomic E-state index is 12.2. The van der Waals surface area contributed by atoms with Crippen molar-refractivity contribution in [2.24, 2.45) is 11.7 Å². The predicted molar refractivity (Wildman–Crippen MR) is 109 cm³/mol. The molecule has 10 heteroatoms. The lowest BCUT2D eigenvalue weighted by molar-refractivity contribution is 0.100. The van der Waals surface area contributed by atoms with Crippen LogP contribution in [0, 0.1) is 5.92 Å². The highest BCUT2D eigenvalue weighted by molar-refractivity contribution is 6.04. The van der Waals surface area contributed by atoms with Gasteiger partial charge in [0, 0.05) is 61.8 Å². The van der Waals surface area contributed by atoms with E-state index in [1.54, 1.807) is 49.2 Å². The lowest BCUT2D eigenvalue weighted by Crippen LogP contribution is -2.45. The summed E-state index contributed by atoms with van der Waals surface area (Å²) in [7, 11) is 3.14. The van der Waals surface area contributed by atoms with Crippen molar-refractivity contribution in [1.82, 2.24) is 19.7 Å². The van der Waals surface area contributed by atoms with E-state index in [0.717, 1.165) is 19.6 Å². The van der Waals surface area contributed by atoms with Crippen molar-refractivity contribution in [3.8, 4) is 11.5 Å². The van der Waals surface area contributed by atoms with Crippen LogP contribution in [0.1, 0.15) is 10.4 Å². The number of hydrogen-bond acceptors (Lipinski definition) is 8. The van der Waals surface area contributed by atoms with Crippen LogP contribution in [-0.2, 0) is 0 Å². The third-order valence-corrected chi connectivity index (χ3v) is 4.82. The first-order valence-electron chi connectivity index (χ1n) is 9.20. The van der Waals surface area contributed by atoms with Gasteiger partial charge in [-0.3, -0.25) is 9.20 Å². The molecule has 5 N–H and O–H groups in total. The van der Waals surface area contributed by atoms with Crippen LogP contribution in [0.5, 0.6) is 11.5 Å². The van der Waals surface area contributed by atoms with Crippen LogP contribution >= 0.6 is 0 Å². The molecular weight excluding hydrogens is 374 g/mol. The maximum atomic E-state index is 12.2. The minimum absolute atomic E-state index is 0.202. The van der Waals surface area contributed by atoms with Crippen LogP contribution in [0.4, 0.5) is 17.5 Å². The second-order valence-electron chi connectivity index (χ2n) is 6.78. The molecule has 1 aliphatic heterocycles. The van der Waals surface area contributed by atoms with E-state index in [4.69, 9.17) is 15.2 Å². The lowest BCUT2D eigenvalue weighted by Gasteiger charge is -2.27. The van der Waals surface area contributed by atoms with Gasteiger partial charge in [-0.25, -0.2) is 4.98 Å². The van der Waals surface area contributed by atoms with Gasteiger partial charge < -0.3 is 31.2 Å². The molecule has 1 fully saturated rings. The molecule has 3 aromatic rings. The Labute approximate surface area is 167 Å². The number of imidazole rings is 1. The van der Waals surface area contributed by atoms with E-state index in [-0.39, 0.29) is 5.56 Å². The van der Waals surface area contributed by atoms with E-state index in [0.29, 0.717) is 40.5 Å². The van der Waals surface area contributed by atoms with E-state index < -0.39 is 5.91 Å². The molecule has 152 valence electrons. The summed E-state index contributed by atoms with van der Waals surface area (Å²) in [6, 6.07) is 5.31. The van der Waals surface area contributed by atoms with Crippen molar-refractivity contribution in [3.05, 3.63) is 36.2 Å². The number of nitrogens with zero attached hydrogens (tertiary/aromatic N) is 3. The molecule has 29 heavy (non-hydrogen) atoms. The molecule has 3 heterocycles. The Bertz CT molecular complexity index is 1020. The Morgan fingerprint density at radius 2 is 2.00 bits per heavy atom. The summed E-state index contributed by atoms with van der Waals surface area (Å²) in [6.07, 6.45) is 3.35. The zero-order chi connectivity index (χ0) is 20.4. The van der Waals surface area contributed by atoms with E-state index in [2.05, 4.69) is 25.9 Å². The number of nitrogens with one attached hydrogen (secondary N) is 3. The van der Waals surface area contributed by atoms with E-state index in [1.807, 2.05) is 0 Å². The quantitative estimate of drug-likeness (QED) is 0.447. The summed E-state index contributed by atoms with van der Waals surface area (Å²) < 4.78 is 12.3. The number of benzene rings is 1. The molecule has 0 aliphatic carbocycles. The Morgan fingerprint density at radius 1 is 1.28 bits per heavy atom. The number of carbonyl (C=O) groups is 1. The normalized spacial score (nSPS) is 13.7. The minimum Gasteiger partial charge on any atom is -0.497 e. The molecule has 4 rings (SSSR count). The standard InChI is InChI=1S/C19H23N7O3/c1-28-13-5-12(6-14(7-13)29-2)24-17-15(16(20)27)18-22-3-4-26(18)19(25-17)23-10-11-8-21-9-11/h3-7,11,21,24H,8-10H2,1-2H3,(H2,20,27)(H,23,25). The minimum atomic E-state index is -0.624. The lowest BCUT2D eigenvalue weighted by atomic mass is 10.0. The number of methoxy groups -OCH3 is 2. The summed E-state index contributed by atoms with van der Waals surface area (Å²) in [5.41, 5.74) is 6.93. The van der Waals surface area contributed by atoms with Crippen LogP contribution in [0.3, 0.4) is 0 Å². The number of hydrogen-bond donors (Lipinski definition) is 4. The Hall–Kier alpha value is -3.53. The number of fused-ring (bicyclic) bond motifs is 1. The van der Waals surface area contributed by atoms with E-state index >= 15 is 0 Å². The number of primary amides is 1. The van der Waals surface area contributed by atoms with Crippen LogP contribution < -0.4 is 31.2 Å². The van der Waals surface area contributed by atoms with Gasteiger partial charge in [-0.2, -0.15) is 4.98 Å². The summed E-state index contributed by atoms with van der Waals surface area (Å²) >= 11 is 0. The van der Waals surface area contributed by atoms with Gasteiger partial charge in [0.15, 0.2) is 11.5 Å². The summed E-state index contributed by atoms with van der Waals surface area (Å²) in [6.45, 7) is 2.69. The van der Waals surface area contributed by atoms with Gasteiger partial charge >= 0.3 is 0 Å². The molecule has 2 aromatic heterocycles. The topological polar surface area (TPSA) is 128 Å². The number of amides is 1. The van der Waals surface area contributed by atoms with Gasteiger partial charge in [0.05, 0.1) is 14.2 Å². The van der Waals surface area contributed by atoms with Crippen molar-refractivity contribution in [3.63, 3.8) is 0 Å². The number of ether oxygens (including phenoxy) is 2. The SMILES string of the molecule is COc1cc(Nc2nc(NCC3CNC3)n3ccnc3c2C(N)=O)cc(OC)c1. The summed E-state index contributed by atoms with van der Waals surface area (Å²) in [5.74, 6) is 1.99. The zero-order valence-electron chi connectivity index (χ0n) is 16.2. The molecular formula is C19H23N7O3. The van der Waals surface area contributed by atoms with Crippen molar-refractivity contribution in [1.29, 1.82) is 0 Å². The van der Waals surface area contributed by atoms with Gasteiger partial charge in [-0.15, -0.1) is 0 Å². The third-order valence-electron chi connectivity index (χ3n) is 4.82. The highest BCUT2D eigenvalue weighted by Gasteiger charge is 2.22. The van der Waals surface area contributed by atoms with Crippen molar-refractivity contribution < 1.29 is 14.3 Å². The summed E-state index contributed by atoms with van der Waals surface area (Å²) in [5, 5.41) is 9.75. The largest absolute Gasteiger partial charge is 0.497 e. The smallest absolute Gasteiger partial charge is 0.256 e. The first-order chi connectivity index (χ1) is 14.1. The van der Waals surface area contributed by atoms with Crippen LogP contribution in [0.2, 0.25) is 0 Å². The van der Waals surface area contributed by atoms with Crippen LogP contribution in [-0.4, -0.2) is 54.1 Å². The molecule has 0 radical (unpaired) electrons. The van der Waals surface area contributed by atoms with Crippen LogP contribution in [0.25, 0.3) is 5.65 Å². The van der Waals surface area contributed by atoms with Gasteiger partial charge in [0.1, 0.15) is 17.1 Å². The molecule has 0 bridgehead atoms. The van der Waals surface area contributed by atoms with Gasteiger partial charge in [0.25, 0.3) is 5.91 Å². The first kappa shape index (κ1) is 18.8. The predicted octanol–water partition coefficient (Wildman–Crippen LogP) is 1.22. The highest BCUT2D eigenvalue weighted by atomic mass is 16.5. The fraction of sp³-hybridized carbons (Fsp3) is 0.316. The van der Waals surface area contributed by atoms with E-state index in [1.165, 1.54) is 0 Å². The first-order valence-corrected chi connectivity index (χ1v) is 9.20. The van der Waals surface area contributed by atoms with Crippen molar-refractivity contribution in [2.75, 3.05) is 44.5 Å². The fourth-order valence-corrected chi connectivity index (χ4v) is 3.17. The molecule has 1 aliphatic rings. The molecule has 0 spiro atoms. The molecule has 0 saturated carbocycles. The van der Waals surface area contributed by atoms with Crippen molar-refractivity contribution in [2.45, 2.75) is 0 Å². The monoisotopic (exact) mass is 397 g/mol. The summed E-state index contributed by atoms with van der Waals surface area (Å²) in [4.78, 5) is 21.2. The Balaban J connectivity index is 1.75. The third kappa shape index (κ3) is 3.74.